The molecule has 3 rings (SSSR count). The van der Waals surface area contributed by atoms with Crippen LogP contribution in [0.3, 0.4) is 0 Å². The molecule has 1 unspecified atom stereocenters. The van der Waals surface area contributed by atoms with Crippen LogP contribution >= 0.6 is 11.8 Å². The normalized spacial score (nSPS) is 17.0. The van der Waals surface area contributed by atoms with E-state index in [-0.39, 0.29) is 11.5 Å². The molecular formula is C19H18N2O4S. The molecule has 2 aromatic rings. The van der Waals surface area contributed by atoms with Gasteiger partial charge in [0.2, 0.25) is 0 Å². The van der Waals surface area contributed by atoms with E-state index in [0.29, 0.717) is 0 Å². The van der Waals surface area contributed by atoms with Crippen LogP contribution in [-0.4, -0.2) is 39.2 Å². The first kappa shape index (κ1) is 18.0. The summed E-state index contributed by atoms with van der Waals surface area (Å²) >= 11 is 0.827. The third-order valence-electron chi connectivity index (χ3n) is 3.91. The lowest BCUT2D eigenvalue weighted by Gasteiger charge is -2.19. The Hall–Kier alpha value is -2.80. The molecule has 0 N–H and O–H groups in total. The molecule has 0 radical (unpaired) electrons. The van der Waals surface area contributed by atoms with Gasteiger partial charge in [0.15, 0.2) is 0 Å². The zero-order valence-corrected chi connectivity index (χ0v) is 15.2. The molecule has 1 aliphatic heterocycles. The number of rotatable bonds is 5. The number of ether oxygens (including phenoxy) is 1. The van der Waals surface area contributed by atoms with Crippen molar-refractivity contribution in [3.05, 3.63) is 59.3 Å². The zero-order valence-electron chi connectivity index (χ0n) is 14.4. The van der Waals surface area contributed by atoms with E-state index in [0.717, 1.165) is 27.9 Å². The summed E-state index contributed by atoms with van der Waals surface area (Å²) in [4.78, 5) is 37.8. The topological polar surface area (TPSA) is 68.6 Å². The minimum absolute atomic E-state index is 0.197. The van der Waals surface area contributed by atoms with E-state index in [4.69, 9.17) is 4.74 Å². The molecule has 1 fully saturated rings. The van der Waals surface area contributed by atoms with Gasteiger partial charge >= 0.3 is 5.97 Å². The van der Waals surface area contributed by atoms with Crippen molar-refractivity contribution in [2.75, 3.05) is 6.61 Å². The Morgan fingerprint density at radius 2 is 1.96 bits per heavy atom. The third kappa shape index (κ3) is 3.57. The number of aromatic nitrogens is 1. The van der Waals surface area contributed by atoms with Gasteiger partial charge in [-0.1, -0.05) is 18.2 Å². The summed E-state index contributed by atoms with van der Waals surface area (Å²) in [5, 5.41) is -0.468. The van der Waals surface area contributed by atoms with Crippen LogP contribution in [0.15, 0.2) is 53.7 Å². The first-order valence-corrected chi connectivity index (χ1v) is 9.00. The monoisotopic (exact) mass is 370 g/mol. The summed E-state index contributed by atoms with van der Waals surface area (Å²) in [5.74, 6) is -1.07. The first-order chi connectivity index (χ1) is 12.5. The van der Waals surface area contributed by atoms with E-state index in [1.807, 2.05) is 53.4 Å². The molecule has 1 aromatic heterocycles. The number of hydrogen-bond acceptors (Lipinski definition) is 5. The number of nitrogens with zero attached hydrogens (tertiary/aromatic N) is 2. The molecule has 0 bridgehead atoms. The number of para-hydroxylation sites is 1. The van der Waals surface area contributed by atoms with Crippen LogP contribution in [0.2, 0.25) is 0 Å². The van der Waals surface area contributed by atoms with Crippen molar-refractivity contribution < 1.29 is 19.1 Å². The minimum Gasteiger partial charge on any atom is -0.464 e. The van der Waals surface area contributed by atoms with Gasteiger partial charge in [-0.3, -0.25) is 14.5 Å². The Morgan fingerprint density at radius 1 is 1.23 bits per heavy atom. The Morgan fingerprint density at radius 3 is 2.65 bits per heavy atom. The molecule has 7 heteroatoms. The first-order valence-electron chi connectivity index (χ1n) is 8.18. The predicted octanol–water partition coefficient (Wildman–Crippen LogP) is 3.47. The average molecular weight is 370 g/mol. The maximum atomic E-state index is 12.5. The molecule has 1 atom stereocenters. The quantitative estimate of drug-likeness (QED) is 0.595. The molecule has 2 heterocycles. The van der Waals surface area contributed by atoms with Crippen molar-refractivity contribution in [3.63, 3.8) is 0 Å². The predicted molar refractivity (Wildman–Crippen MR) is 99.7 cm³/mol. The van der Waals surface area contributed by atoms with Gasteiger partial charge in [-0.2, -0.15) is 0 Å². The summed E-state index contributed by atoms with van der Waals surface area (Å²) in [6.07, 6.45) is 5.41. The SMILES string of the molecule is CCOC(=O)C(C)N1C(=O)S/C(=C\c2ccn(-c3ccccc3)c2)C1=O. The summed E-state index contributed by atoms with van der Waals surface area (Å²) in [6.45, 7) is 3.36. The van der Waals surface area contributed by atoms with Gasteiger partial charge in [0, 0.05) is 18.1 Å². The number of carbonyl (C=O) groups is 3. The fraction of sp³-hybridized carbons (Fsp3) is 0.211. The number of amides is 2. The number of imide groups is 1. The van der Waals surface area contributed by atoms with Gasteiger partial charge in [-0.15, -0.1) is 0 Å². The zero-order chi connectivity index (χ0) is 18.7. The molecule has 2 amide bonds. The number of esters is 1. The standard InChI is InChI=1S/C19H18N2O4S/c1-3-25-18(23)13(2)21-17(22)16(26-19(21)24)11-14-9-10-20(12-14)15-7-5-4-6-8-15/h4-13H,3H2,1-2H3/b16-11-. The summed E-state index contributed by atoms with van der Waals surface area (Å²) in [7, 11) is 0. The van der Waals surface area contributed by atoms with Crippen LogP contribution < -0.4 is 0 Å². The van der Waals surface area contributed by atoms with Crippen molar-refractivity contribution in [3.8, 4) is 5.69 Å². The fourth-order valence-corrected chi connectivity index (χ4v) is 3.50. The van der Waals surface area contributed by atoms with E-state index >= 15 is 0 Å². The van der Waals surface area contributed by atoms with Crippen LogP contribution in [0.5, 0.6) is 0 Å². The van der Waals surface area contributed by atoms with E-state index in [1.54, 1.807) is 13.0 Å². The minimum atomic E-state index is -0.942. The maximum Gasteiger partial charge on any atom is 0.329 e. The highest BCUT2D eigenvalue weighted by Gasteiger charge is 2.41. The van der Waals surface area contributed by atoms with E-state index < -0.39 is 23.2 Å². The molecular weight excluding hydrogens is 352 g/mol. The van der Waals surface area contributed by atoms with Crippen molar-refractivity contribution in [2.45, 2.75) is 19.9 Å². The number of hydrogen-bond donors (Lipinski definition) is 0. The molecule has 6 nitrogen and oxygen atoms in total. The van der Waals surface area contributed by atoms with E-state index in [9.17, 15) is 14.4 Å². The summed E-state index contributed by atoms with van der Waals surface area (Å²) in [6, 6.07) is 10.7. The largest absolute Gasteiger partial charge is 0.464 e. The lowest BCUT2D eigenvalue weighted by Crippen LogP contribution is -2.42. The second-order valence-electron chi connectivity index (χ2n) is 5.67. The second kappa shape index (κ2) is 7.61. The number of benzene rings is 1. The van der Waals surface area contributed by atoms with Gasteiger partial charge in [0.25, 0.3) is 11.1 Å². The number of thioether (sulfide) groups is 1. The lowest BCUT2D eigenvalue weighted by molar-refractivity contribution is -0.150. The Kier molecular flexibility index (Phi) is 5.27. The van der Waals surface area contributed by atoms with Crippen molar-refractivity contribution in [1.29, 1.82) is 0 Å². The van der Waals surface area contributed by atoms with Crippen LogP contribution in [0.4, 0.5) is 4.79 Å². The maximum absolute atomic E-state index is 12.5. The van der Waals surface area contributed by atoms with E-state index in [1.165, 1.54) is 6.92 Å². The second-order valence-corrected chi connectivity index (χ2v) is 6.66. The van der Waals surface area contributed by atoms with Gasteiger partial charge < -0.3 is 9.30 Å². The van der Waals surface area contributed by atoms with Crippen LogP contribution in [0.25, 0.3) is 11.8 Å². The Labute approximate surface area is 155 Å². The van der Waals surface area contributed by atoms with Crippen LogP contribution in [0, 0.1) is 0 Å². The van der Waals surface area contributed by atoms with E-state index in [2.05, 4.69) is 0 Å². The van der Waals surface area contributed by atoms with Crippen LogP contribution in [-0.2, 0) is 14.3 Å². The fourth-order valence-electron chi connectivity index (χ4n) is 2.59. The number of carbonyl (C=O) groups excluding carboxylic acids is 3. The summed E-state index contributed by atoms with van der Waals surface area (Å²) in [5.41, 5.74) is 1.79. The molecule has 1 saturated heterocycles. The molecule has 1 aliphatic rings. The average Bonchev–Trinajstić information content (AvgIpc) is 3.20. The molecule has 0 saturated carbocycles. The Balaban J connectivity index is 1.80. The van der Waals surface area contributed by atoms with Gasteiger partial charge in [-0.05, 0) is 55.4 Å². The summed E-state index contributed by atoms with van der Waals surface area (Å²) < 4.78 is 6.83. The van der Waals surface area contributed by atoms with Gasteiger partial charge in [0.05, 0.1) is 11.5 Å². The van der Waals surface area contributed by atoms with Crippen molar-refractivity contribution >= 4 is 35.0 Å². The van der Waals surface area contributed by atoms with Crippen molar-refractivity contribution in [2.24, 2.45) is 0 Å². The molecule has 134 valence electrons. The van der Waals surface area contributed by atoms with Gasteiger partial charge in [0.1, 0.15) is 6.04 Å². The Bertz CT molecular complexity index is 873. The van der Waals surface area contributed by atoms with Crippen molar-refractivity contribution in [1.82, 2.24) is 9.47 Å². The smallest absolute Gasteiger partial charge is 0.329 e. The highest BCUT2D eigenvalue weighted by Crippen LogP contribution is 2.34. The molecule has 0 spiro atoms. The highest BCUT2D eigenvalue weighted by molar-refractivity contribution is 8.18. The third-order valence-corrected chi connectivity index (χ3v) is 4.79. The van der Waals surface area contributed by atoms with Gasteiger partial charge in [-0.25, -0.2) is 4.79 Å². The lowest BCUT2D eigenvalue weighted by atomic mass is 10.2. The molecule has 1 aromatic carbocycles. The molecule has 0 aliphatic carbocycles. The van der Waals surface area contributed by atoms with Crippen LogP contribution in [0.1, 0.15) is 19.4 Å². The molecule has 26 heavy (non-hydrogen) atoms. The highest BCUT2D eigenvalue weighted by atomic mass is 32.2.